The number of carbonyl (C=O) groups is 3. The molecule has 2 aliphatic rings. The van der Waals surface area contributed by atoms with E-state index in [1.54, 1.807) is 19.1 Å². The van der Waals surface area contributed by atoms with Crippen molar-refractivity contribution in [3.05, 3.63) is 76.7 Å². The van der Waals surface area contributed by atoms with E-state index in [4.69, 9.17) is 0 Å². The third-order valence-corrected chi connectivity index (χ3v) is 7.95. The van der Waals surface area contributed by atoms with Crippen LogP contribution in [0.5, 0.6) is 0 Å². The monoisotopic (exact) mass is 496 g/mol. The van der Waals surface area contributed by atoms with Gasteiger partial charge in [-0.3, -0.25) is 14.5 Å². The molecule has 4 amide bonds. The summed E-state index contributed by atoms with van der Waals surface area (Å²) >= 11 is 0. The average Bonchev–Trinajstić information content (AvgIpc) is 3.07. The molecule has 4 rings (SSSR count). The van der Waals surface area contributed by atoms with Gasteiger partial charge in [0.2, 0.25) is 15.9 Å². The van der Waals surface area contributed by atoms with E-state index < -0.39 is 40.0 Å². The topological polar surface area (TPSA) is 107 Å². The zero-order valence-electron chi connectivity index (χ0n) is 19.7. The van der Waals surface area contributed by atoms with Gasteiger partial charge in [0, 0.05) is 31.6 Å². The van der Waals surface area contributed by atoms with Gasteiger partial charge in [0.05, 0.1) is 0 Å². The summed E-state index contributed by atoms with van der Waals surface area (Å²) < 4.78 is 26.6. The molecule has 2 aromatic carbocycles. The molecule has 0 saturated carbocycles. The van der Waals surface area contributed by atoms with Crippen molar-refractivity contribution < 1.29 is 22.8 Å². The second-order valence-corrected chi connectivity index (χ2v) is 10.7. The Morgan fingerprint density at radius 3 is 2.26 bits per heavy atom. The first-order valence-electron chi connectivity index (χ1n) is 11.3. The molecule has 10 heteroatoms. The lowest BCUT2D eigenvalue weighted by atomic mass is 9.91. The van der Waals surface area contributed by atoms with Crippen molar-refractivity contribution in [3.8, 4) is 0 Å². The van der Waals surface area contributed by atoms with Gasteiger partial charge in [-0.1, -0.05) is 60.2 Å². The van der Waals surface area contributed by atoms with Crippen molar-refractivity contribution in [2.75, 3.05) is 32.7 Å². The molecule has 0 aromatic heterocycles. The summed E-state index contributed by atoms with van der Waals surface area (Å²) in [5, 5.41) is 3.87. The summed E-state index contributed by atoms with van der Waals surface area (Å²) in [7, 11) is -3.63. The Labute approximate surface area is 205 Å². The van der Waals surface area contributed by atoms with E-state index in [-0.39, 0.29) is 26.2 Å². The normalized spacial score (nSPS) is 21.5. The molecule has 35 heavy (non-hydrogen) atoms. The lowest BCUT2D eigenvalue weighted by Gasteiger charge is -2.34. The molecule has 0 radical (unpaired) electrons. The zero-order chi connectivity index (χ0) is 25.2. The molecule has 0 bridgehead atoms. The van der Waals surface area contributed by atoms with Gasteiger partial charge in [-0.05, 0) is 31.1 Å². The summed E-state index contributed by atoms with van der Waals surface area (Å²) in [6.07, 6.45) is 1.54. The van der Waals surface area contributed by atoms with Crippen molar-refractivity contribution in [3.63, 3.8) is 0 Å². The van der Waals surface area contributed by atoms with Gasteiger partial charge in [-0.15, -0.1) is 0 Å². The summed E-state index contributed by atoms with van der Waals surface area (Å²) in [6, 6.07) is 15.8. The Morgan fingerprint density at radius 1 is 1.00 bits per heavy atom. The third kappa shape index (κ3) is 5.13. The SMILES string of the molecule is Cc1ccc(C2(C)NC(=O)N(CC(=O)N3CCN(S(=O)(=O)/C=C/c4ccccc4)CC3)C2=O)cc1. The van der Waals surface area contributed by atoms with Gasteiger partial charge in [-0.25, -0.2) is 13.2 Å². The van der Waals surface area contributed by atoms with E-state index in [1.807, 2.05) is 49.4 Å². The number of rotatable bonds is 6. The molecule has 2 heterocycles. The van der Waals surface area contributed by atoms with Crippen LogP contribution in [0.2, 0.25) is 0 Å². The predicted molar refractivity (Wildman–Crippen MR) is 131 cm³/mol. The van der Waals surface area contributed by atoms with Gasteiger partial charge in [-0.2, -0.15) is 4.31 Å². The van der Waals surface area contributed by atoms with Gasteiger partial charge in [0.25, 0.3) is 5.91 Å². The predicted octanol–water partition coefficient (Wildman–Crippen LogP) is 1.91. The van der Waals surface area contributed by atoms with Crippen LogP contribution in [-0.2, 0) is 25.2 Å². The lowest BCUT2D eigenvalue weighted by molar-refractivity contribution is -0.139. The second kappa shape index (κ2) is 9.63. The highest BCUT2D eigenvalue weighted by Crippen LogP contribution is 2.29. The summed E-state index contributed by atoms with van der Waals surface area (Å²) in [5.41, 5.74) is 1.19. The number of imide groups is 1. The fraction of sp³-hybridized carbons (Fsp3) is 0.320. The van der Waals surface area contributed by atoms with Crippen molar-refractivity contribution in [2.45, 2.75) is 19.4 Å². The molecule has 1 unspecified atom stereocenters. The van der Waals surface area contributed by atoms with Gasteiger partial charge in [0.1, 0.15) is 12.1 Å². The first-order chi connectivity index (χ1) is 16.6. The highest BCUT2D eigenvalue weighted by atomic mass is 32.2. The van der Waals surface area contributed by atoms with Crippen LogP contribution < -0.4 is 5.32 Å². The van der Waals surface area contributed by atoms with Crippen LogP contribution >= 0.6 is 0 Å². The Balaban J connectivity index is 1.36. The van der Waals surface area contributed by atoms with Crippen LogP contribution in [0.1, 0.15) is 23.6 Å². The minimum Gasteiger partial charge on any atom is -0.338 e. The number of benzene rings is 2. The molecule has 2 aliphatic heterocycles. The Hall–Kier alpha value is -3.50. The lowest BCUT2D eigenvalue weighted by Crippen LogP contribution is -2.53. The number of amides is 4. The minimum absolute atomic E-state index is 0.133. The van der Waals surface area contributed by atoms with Crippen LogP contribution in [0.4, 0.5) is 4.79 Å². The Morgan fingerprint density at radius 2 is 1.63 bits per heavy atom. The number of aryl methyl sites for hydroxylation is 1. The number of piperazine rings is 1. The molecule has 9 nitrogen and oxygen atoms in total. The van der Waals surface area contributed by atoms with E-state index in [9.17, 15) is 22.8 Å². The largest absolute Gasteiger partial charge is 0.338 e. The number of carbonyl (C=O) groups excluding carboxylic acids is 3. The molecule has 2 aromatic rings. The smallest absolute Gasteiger partial charge is 0.325 e. The fourth-order valence-electron chi connectivity index (χ4n) is 4.17. The molecular weight excluding hydrogens is 468 g/mol. The van der Waals surface area contributed by atoms with Crippen LogP contribution in [0, 0.1) is 6.92 Å². The Bertz CT molecular complexity index is 1250. The van der Waals surface area contributed by atoms with E-state index in [1.165, 1.54) is 20.7 Å². The maximum atomic E-state index is 13.1. The number of urea groups is 1. The molecule has 1 N–H and O–H groups in total. The van der Waals surface area contributed by atoms with Crippen LogP contribution in [0.15, 0.2) is 60.0 Å². The summed E-state index contributed by atoms with van der Waals surface area (Å²) in [6.45, 7) is 3.77. The molecule has 0 spiro atoms. The molecule has 2 fully saturated rings. The highest BCUT2D eigenvalue weighted by Gasteiger charge is 2.49. The highest BCUT2D eigenvalue weighted by molar-refractivity contribution is 7.92. The zero-order valence-corrected chi connectivity index (χ0v) is 20.5. The maximum absolute atomic E-state index is 13.1. The van der Waals surface area contributed by atoms with E-state index >= 15 is 0 Å². The molecule has 184 valence electrons. The minimum atomic E-state index is -3.63. The molecule has 0 aliphatic carbocycles. The van der Waals surface area contributed by atoms with Crippen LogP contribution in [0.25, 0.3) is 6.08 Å². The summed E-state index contributed by atoms with van der Waals surface area (Å²) in [5.74, 6) is -0.898. The quantitative estimate of drug-likeness (QED) is 0.615. The fourth-order valence-corrected chi connectivity index (χ4v) is 5.34. The van der Waals surface area contributed by atoms with Crippen LogP contribution in [0.3, 0.4) is 0 Å². The third-order valence-electron chi connectivity index (χ3n) is 6.38. The number of nitrogens with one attached hydrogen (secondary N) is 1. The first kappa shape index (κ1) is 24.6. The maximum Gasteiger partial charge on any atom is 0.325 e. The Kier molecular flexibility index (Phi) is 6.77. The molecule has 1 atom stereocenters. The van der Waals surface area contributed by atoms with Crippen molar-refractivity contribution in [1.82, 2.24) is 19.4 Å². The van der Waals surface area contributed by atoms with Gasteiger partial charge < -0.3 is 10.2 Å². The summed E-state index contributed by atoms with van der Waals surface area (Å²) in [4.78, 5) is 40.9. The number of hydrogen-bond acceptors (Lipinski definition) is 5. The van der Waals surface area contributed by atoms with Crippen molar-refractivity contribution in [1.29, 1.82) is 0 Å². The van der Waals surface area contributed by atoms with E-state index in [2.05, 4.69) is 5.32 Å². The molecular formula is C25H28N4O5S. The van der Waals surface area contributed by atoms with Crippen LogP contribution in [-0.4, -0.2) is 73.1 Å². The van der Waals surface area contributed by atoms with Gasteiger partial charge in [0.15, 0.2) is 0 Å². The standard InChI is InChI=1S/C25H28N4O5S/c1-19-8-10-21(11-9-19)25(2)23(31)29(24(32)26-25)18-22(30)27-13-15-28(16-14-27)35(33,34)17-12-20-6-4-3-5-7-20/h3-12,17H,13-16,18H2,1-2H3,(H,26,32)/b17-12+. The second-order valence-electron chi connectivity index (χ2n) is 8.85. The molecule has 2 saturated heterocycles. The number of sulfonamides is 1. The number of nitrogens with zero attached hydrogens (tertiary/aromatic N) is 3. The number of hydrogen-bond donors (Lipinski definition) is 1. The first-order valence-corrected chi connectivity index (χ1v) is 12.8. The van der Waals surface area contributed by atoms with E-state index in [0.29, 0.717) is 5.56 Å². The van der Waals surface area contributed by atoms with Crippen molar-refractivity contribution in [2.24, 2.45) is 0 Å². The van der Waals surface area contributed by atoms with Gasteiger partial charge >= 0.3 is 6.03 Å². The van der Waals surface area contributed by atoms with E-state index in [0.717, 1.165) is 16.0 Å². The average molecular weight is 497 g/mol. The van der Waals surface area contributed by atoms with Crippen molar-refractivity contribution >= 4 is 33.9 Å².